The molecule has 1 heterocycles. The number of esters is 1. The molecular weight excluding hydrogens is 172 g/mol. The van der Waals surface area contributed by atoms with Gasteiger partial charge in [0.15, 0.2) is 0 Å². The third-order valence-electron chi connectivity index (χ3n) is 1.77. The Morgan fingerprint density at radius 1 is 1.69 bits per heavy atom. The molecule has 0 saturated carbocycles. The molecule has 4 heteroatoms. The Bertz CT molecular complexity index is 290. The van der Waals surface area contributed by atoms with E-state index in [1.165, 1.54) is 7.11 Å². The van der Waals surface area contributed by atoms with E-state index >= 15 is 0 Å². The summed E-state index contributed by atoms with van der Waals surface area (Å²) in [5, 5.41) is 8.93. The summed E-state index contributed by atoms with van der Waals surface area (Å²) in [5.74, 6) is -0.0558. The molecular formula is C9H12O4. The Morgan fingerprint density at radius 3 is 2.77 bits per heavy atom. The lowest BCUT2D eigenvalue weighted by Crippen LogP contribution is -2.17. The van der Waals surface area contributed by atoms with Crippen molar-refractivity contribution in [3.05, 3.63) is 23.7 Å². The van der Waals surface area contributed by atoms with Crippen molar-refractivity contribution in [2.24, 2.45) is 0 Å². The highest BCUT2D eigenvalue weighted by atomic mass is 16.5. The molecule has 1 N–H and O–H groups in total. The maximum atomic E-state index is 11.1. The molecule has 72 valence electrons. The molecule has 0 aromatic carbocycles. The van der Waals surface area contributed by atoms with E-state index in [9.17, 15) is 4.79 Å². The summed E-state index contributed by atoms with van der Waals surface area (Å²) in [6, 6.07) is 3.40. The van der Waals surface area contributed by atoms with Crippen molar-refractivity contribution >= 4 is 5.97 Å². The zero-order valence-corrected chi connectivity index (χ0v) is 7.61. The van der Waals surface area contributed by atoms with Gasteiger partial charge in [-0.2, -0.15) is 0 Å². The van der Waals surface area contributed by atoms with Crippen molar-refractivity contribution in [2.45, 2.75) is 12.8 Å². The Kier molecular flexibility index (Phi) is 3.08. The number of methoxy groups -OCH3 is 1. The van der Waals surface area contributed by atoms with Crippen LogP contribution in [-0.4, -0.2) is 24.8 Å². The molecule has 1 aromatic heterocycles. The number of ether oxygens (including phenoxy) is 1. The van der Waals surface area contributed by atoms with E-state index in [1.54, 1.807) is 19.1 Å². The molecule has 0 saturated heterocycles. The molecule has 1 rings (SSSR count). The molecule has 0 aliphatic carbocycles. The third-order valence-corrected chi connectivity index (χ3v) is 1.77. The van der Waals surface area contributed by atoms with E-state index in [-0.39, 0.29) is 6.61 Å². The van der Waals surface area contributed by atoms with E-state index in [0.29, 0.717) is 11.5 Å². The number of carbonyl (C=O) groups excluding carboxylic acids is 1. The molecule has 0 bridgehead atoms. The normalized spacial score (nSPS) is 12.5. The topological polar surface area (TPSA) is 59.7 Å². The van der Waals surface area contributed by atoms with Crippen molar-refractivity contribution < 1.29 is 19.1 Å². The average Bonchev–Trinajstić information content (AvgIpc) is 2.53. The minimum absolute atomic E-state index is 0.306. The van der Waals surface area contributed by atoms with Gasteiger partial charge in [-0.05, 0) is 19.1 Å². The number of aryl methyl sites for hydroxylation is 1. The average molecular weight is 184 g/mol. The molecule has 1 unspecified atom stereocenters. The van der Waals surface area contributed by atoms with Crippen molar-refractivity contribution in [3.8, 4) is 0 Å². The largest absolute Gasteiger partial charge is 0.468 e. The minimum Gasteiger partial charge on any atom is -0.468 e. The van der Waals surface area contributed by atoms with E-state index < -0.39 is 11.9 Å². The van der Waals surface area contributed by atoms with Crippen molar-refractivity contribution in [3.63, 3.8) is 0 Å². The monoisotopic (exact) mass is 184 g/mol. The van der Waals surface area contributed by atoms with Gasteiger partial charge in [-0.15, -0.1) is 0 Å². The Morgan fingerprint density at radius 2 is 2.38 bits per heavy atom. The summed E-state index contributed by atoms with van der Waals surface area (Å²) in [5.41, 5.74) is 0. The van der Waals surface area contributed by atoms with Crippen LogP contribution in [0, 0.1) is 6.92 Å². The summed E-state index contributed by atoms with van der Waals surface area (Å²) in [6.45, 7) is 1.47. The first kappa shape index (κ1) is 9.80. The van der Waals surface area contributed by atoms with Crippen LogP contribution in [0.2, 0.25) is 0 Å². The standard InChI is InChI=1S/C9H12O4/c1-6-3-4-8(13-6)7(5-10)9(11)12-2/h3-4,7,10H,5H2,1-2H3. The first-order chi connectivity index (χ1) is 6.19. The number of hydrogen-bond donors (Lipinski definition) is 1. The lowest BCUT2D eigenvalue weighted by Gasteiger charge is -2.07. The van der Waals surface area contributed by atoms with Gasteiger partial charge in [0, 0.05) is 0 Å². The predicted octanol–water partition coefficient (Wildman–Crippen LogP) is 0.837. The number of carbonyl (C=O) groups is 1. The summed E-state index contributed by atoms with van der Waals surface area (Å²) >= 11 is 0. The first-order valence-electron chi connectivity index (χ1n) is 3.94. The van der Waals surface area contributed by atoms with Gasteiger partial charge in [0.05, 0.1) is 13.7 Å². The minimum atomic E-state index is -0.710. The quantitative estimate of drug-likeness (QED) is 0.707. The van der Waals surface area contributed by atoms with Crippen LogP contribution in [0.3, 0.4) is 0 Å². The fourth-order valence-electron chi connectivity index (χ4n) is 1.06. The maximum absolute atomic E-state index is 11.1. The highest BCUT2D eigenvalue weighted by Gasteiger charge is 2.23. The summed E-state index contributed by atoms with van der Waals surface area (Å²) in [6.07, 6.45) is 0. The molecule has 0 aliphatic heterocycles. The molecule has 0 amide bonds. The van der Waals surface area contributed by atoms with E-state index in [1.807, 2.05) is 0 Å². The second-order valence-electron chi connectivity index (χ2n) is 2.71. The second-order valence-corrected chi connectivity index (χ2v) is 2.71. The fourth-order valence-corrected chi connectivity index (χ4v) is 1.06. The van der Waals surface area contributed by atoms with Gasteiger partial charge in [-0.25, -0.2) is 0 Å². The Hall–Kier alpha value is -1.29. The molecule has 0 spiro atoms. The van der Waals surface area contributed by atoms with Gasteiger partial charge < -0.3 is 14.3 Å². The Balaban J connectivity index is 2.84. The predicted molar refractivity (Wildman–Crippen MR) is 45.3 cm³/mol. The number of furan rings is 1. The molecule has 1 aromatic rings. The van der Waals surface area contributed by atoms with Gasteiger partial charge in [0.25, 0.3) is 0 Å². The SMILES string of the molecule is COC(=O)C(CO)c1ccc(C)o1. The van der Waals surface area contributed by atoms with Crippen LogP contribution in [0.1, 0.15) is 17.4 Å². The number of hydrogen-bond acceptors (Lipinski definition) is 4. The van der Waals surface area contributed by atoms with Gasteiger partial charge in [-0.1, -0.05) is 0 Å². The summed E-state index contributed by atoms with van der Waals surface area (Å²) < 4.78 is 9.71. The van der Waals surface area contributed by atoms with Gasteiger partial charge in [-0.3, -0.25) is 4.79 Å². The number of aliphatic hydroxyl groups excluding tert-OH is 1. The highest BCUT2D eigenvalue weighted by Crippen LogP contribution is 2.19. The molecule has 0 aliphatic rings. The van der Waals surface area contributed by atoms with Gasteiger partial charge >= 0.3 is 5.97 Å². The highest BCUT2D eigenvalue weighted by molar-refractivity contribution is 5.77. The van der Waals surface area contributed by atoms with Crippen molar-refractivity contribution in [1.82, 2.24) is 0 Å². The fraction of sp³-hybridized carbons (Fsp3) is 0.444. The number of rotatable bonds is 3. The molecule has 13 heavy (non-hydrogen) atoms. The lowest BCUT2D eigenvalue weighted by molar-refractivity contribution is -0.143. The van der Waals surface area contributed by atoms with Crippen LogP contribution in [0.5, 0.6) is 0 Å². The number of aliphatic hydroxyl groups is 1. The molecule has 0 fully saturated rings. The summed E-state index contributed by atoms with van der Waals surface area (Å²) in [4.78, 5) is 11.1. The maximum Gasteiger partial charge on any atom is 0.318 e. The van der Waals surface area contributed by atoms with Crippen LogP contribution < -0.4 is 0 Å². The zero-order valence-electron chi connectivity index (χ0n) is 7.61. The van der Waals surface area contributed by atoms with Crippen LogP contribution in [0.25, 0.3) is 0 Å². The lowest BCUT2D eigenvalue weighted by atomic mass is 10.1. The molecule has 1 atom stereocenters. The van der Waals surface area contributed by atoms with Gasteiger partial charge in [0.2, 0.25) is 0 Å². The van der Waals surface area contributed by atoms with Crippen molar-refractivity contribution in [1.29, 1.82) is 0 Å². The molecule has 0 radical (unpaired) electrons. The second kappa shape index (κ2) is 4.09. The van der Waals surface area contributed by atoms with E-state index in [0.717, 1.165) is 0 Å². The molecule has 4 nitrogen and oxygen atoms in total. The first-order valence-corrected chi connectivity index (χ1v) is 3.94. The van der Waals surface area contributed by atoms with Crippen LogP contribution >= 0.6 is 0 Å². The van der Waals surface area contributed by atoms with E-state index in [4.69, 9.17) is 9.52 Å². The van der Waals surface area contributed by atoms with Crippen molar-refractivity contribution in [2.75, 3.05) is 13.7 Å². The van der Waals surface area contributed by atoms with Crippen LogP contribution in [0.15, 0.2) is 16.5 Å². The van der Waals surface area contributed by atoms with Crippen LogP contribution in [-0.2, 0) is 9.53 Å². The van der Waals surface area contributed by atoms with Crippen LogP contribution in [0.4, 0.5) is 0 Å². The Labute approximate surface area is 76.1 Å². The smallest absolute Gasteiger partial charge is 0.318 e. The van der Waals surface area contributed by atoms with E-state index in [2.05, 4.69) is 4.74 Å². The summed E-state index contributed by atoms with van der Waals surface area (Å²) in [7, 11) is 1.28. The van der Waals surface area contributed by atoms with Gasteiger partial charge in [0.1, 0.15) is 17.4 Å². The third kappa shape index (κ3) is 2.09. The zero-order chi connectivity index (χ0) is 9.84.